The molecule has 4 heteroatoms. The molecule has 0 amide bonds. The van der Waals surface area contributed by atoms with Gasteiger partial charge in [-0.15, -0.1) is 0 Å². The van der Waals surface area contributed by atoms with Crippen molar-refractivity contribution in [3.8, 4) is 0 Å². The lowest BCUT2D eigenvalue weighted by Gasteiger charge is -2.37. The molecule has 2 unspecified atom stereocenters. The van der Waals surface area contributed by atoms with E-state index in [0.29, 0.717) is 16.7 Å². The van der Waals surface area contributed by atoms with Crippen LogP contribution in [0, 0.1) is 46.0 Å². The summed E-state index contributed by atoms with van der Waals surface area (Å²) in [6, 6.07) is -2.27. The molecule has 2 aromatic rings. The molecule has 172 valence electrons. The van der Waals surface area contributed by atoms with Gasteiger partial charge in [-0.2, -0.15) is 0 Å². The van der Waals surface area contributed by atoms with E-state index in [1.165, 1.54) is 19.9 Å². The first kappa shape index (κ1) is 13.5. The summed E-state index contributed by atoms with van der Waals surface area (Å²) in [5.74, 6) is -4.07. The summed E-state index contributed by atoms with van der Waals surface area (Å²) < 4.78 is 118. The van der Waals surface area contributed by atoms with Gasteiger partial charge in [0.1, 0.15) is 11.4 Å². The number of fused-ring (bicyclic) bond motifs is 1. The number of benzene rings is 2. The van der Waals surface area contributed by atoms with E-state index in [9.17, 15) is 4.11 Å². The molecule has 0 bridgehead atoms. The molecular formula is C28H37FN2O. The maximum Gasteiger partial charge on any atom is 0.193 e. The quantitative estimate of drug-likeness (QED) is 0.432. The van der Waals surface area contributed by atoms with Crippen molar-refractivity contribution in [2.24, 2.45) is 5.89 Å². The molecule has 2 aromatic carbocycles. The summed E-state index contributed by atoms with van der Waals surface area (Å²) in [6.07, 6.45) is -4.24. The third kappa shape index (κ3) is 3.98. The highest BCUT2D eigenvalue weighted by Gasteiger charge is 2.48. The van der Waals surface area contributed by atoms with Crippen LogP contribution in [0.2, 0.25) is 0 Å². The van der Waals surface area contributed by atoms with Gasteiger partial charge in [0.15, 0.2) is 5.69 Å². The van der Waals surface area contributed by atoms with E-state index in [1.54, 1.807) is 20.8 Å². The van der Waals surface area contributed by atoms with Crippen molar-refractivity contribution in [2.45, 2.75) is 79.5 Å². The maximum atomic E-state index is 15.1. The highest BCUT2D eigenvalue weighted by Crippen LogP contribution is 2.54. The summed E-state index contributed by atoms with van der Waals surface area (Å²) in [5.41, 5.74) is -1.35. The van der Waals surface area contributed by atoms with Crippen LogP contribution in [0.15, 0.2) is 18.2 Å². The molecule has 1 heterocycles. The largest absolute Gasteiger partial charge is 0.358 e. The molecule has 0 radical (unpaired) electrons. The van der Waals surface area contributed by atoms with Crippen LogP contribution in [0.25, 0.3) is 4.85 Å². The number of aryl methyl sites for hydroxylation is 1. The zero-order chi connectivity index (χ0) is 33.6. The first-order valence-electron chi connectivity index (χ1n) is 15.9. The van der Waals surface area contributed by atoms with Gasteiger partial charge in [0.05, 0.1) is 15.4 Å². The summed E-state index contributed by atoms with van der Waals surface area (Å²) in [6.45, 7) is 11.7. The molecule has 0 N–H and O–H groups in total. The van der Waals surface area contributed by atoms with Crippen molar-refractivity contribution in [2.75, 3.05) is 13.5 Å². The minimum atomic E-state index is -3.38. The SMILES string of the molecule is [2H]c1c([2H])c([C@]2(C([2H])([2H])C([2H])(C)C([2H])([2H])N(C([2H])([2H])[2H])C([2H])(C)C)OC(C)c3c2cc(C)c([N+]#[C-])c3C)c(C)c(C)c1F. The average Bonchev–Trinajstić information content (AvgIpc) is 3.12. The van der Waals surface area contributed by atoms with Gasteiger partial charge in [0.25, 0.3) is 0 Å². The molecule has 3 nitrogen and oxygen atoms in total. The van der Waals surface area contributed by atoms with Gasteiger partial charge in [0, 0.05) is 24.9 Å². The third-order valence-electron chi connectivity index (χ3n) is 6.04. The second kappa shape index (κ2) is 8.96. The van der Waals surface area contributed by atoms with E-state index in [0.717, 1.165) is 20.8 Å². The second-order valence-electron chi connectivity index (χ2n) is 8.51. The zero-order valence-electron chi connectivity index (χ0n) is 30.8. The van der Waals surface area contributed by atoms with Crippen molar-refractivity contribution in [3.63, 3.8) is 0 Å². The van der Waals surface area contributed by atoms with E-state index in [-0.39, 0.29) is 32.8 Å². The number of ether oxygens (including phenoxy) is 1. The number of hydrogen-bond acceptors (Lipinski definition) is 2. The van der Waals surface area contributed by atoms with E-state index in [4.69, 9.17) is 22.3 Å². The van der Waals surface area contributed by atoms with Crippen LogP contribution in [0.4, 0.5) is 10.1 Å². The Labute approximate surface area is 208 Å². The molecule has 0 fully saturated rings. The number of nitrogens with zero attached hydrogens (tertiary/aromatic N) is 2. The van der Waals surface area contributed by atoms with Gasteiger partial charge < -0.3 is 9.64 Å². The van der Waals surface area contributed by atoms with E-state index in [1.807, 2.05) is 0 Å². The Kier molecular flexibility index (Phi) is 3.78. The summed E-state index contributed by atoms with van der Waals surface area (Å²) in [5, 5.41) is 0. The Morgan fingerprint density at radius 3 is 2.53 bits per heavy atom. The molecule has 0 saturated carbocycles. The smallest absolute Gasteiger partial charge is 0.193 e. The molecule has 3 atom stereocenters. The summed E-state index contributed by atoms with van der Waals surface area (Å²) in [7, 11) is 0. The van der Waals surface area contributed by atoms with Crippen LogP contribution < -0.4 is 0 Å². The predicted octanol–water partition coefficient (Wildman–Crippen LogP) is 7.31. The molecule has 0 aromatic heterocycles. The van der Waals surface area contributed by atoms with Crippen LogP contribution in [-0.2, 0) is 10.3 Å². The standard InChI is InChI=1S/C28H37FN2O/c1-16(2)31(10)15-17(3)14-28(23-11-12-25(29)20(6)19(23)5)24-13-18(4)27(30-9)21(7)26(24)22(8)32-28/h11-13,16-17,22H,14-15H2,1-8,10H3/t17?,22?,28-/m0/s1/i10D3,11D,12D,14D2,15D2,16D,17D. The van der Waals surface area contributed by atoms with Gasteiger partial charge in [-0.25, -0.2) is 9.24 Å². The van der Waals surface area contributed by atoms with Crippen LogP contribution >= 0.6 is 0 Å². The monoisotopic (exact) mass is 447 g/mol. The van der Waals surface area contributed by atoms with Crippen LogP contribution in [0.1, 0.15) is 94.2 Å². The van der Waals surface area contributed by atoms with Gasteiger partial charge in [-0.1, -0.05) is 19.0 Å². The van der Waals surface area contributed by atoms with Gasteiger partial charge in [-0.05, 0) is 113 Å². The van der Waals surface area contributed by atoms with Crippen molar-refractivity contribution < 1.29 is 24.2 Å². The van der Waals surface area contributed by atoms with Crippen molar-refractivity contribution in [3.05, 3.63) is 74.3 Å². The fourth-order valence-electron chi connectivity index (χ4n) is 4.30. The number of halogens is 1. The fourth-order valence-corrected chi connectivity index (χ4v) is 4.30. The lowest BCUT2D eigenvalue weighted by Crippen LogP contribution is -2.36. The summed E-state index contributed by atoms with van der Waals surface area (Å²) >= 11 is 0. The lowest BCUT2D eigenvalue weighted by molar-refractivity contribution is -0.0568. The van der Waals surface area contributed by atoms with Crippen molar-refractivity contribution in [1.82, 2.24) is 4.90 Å². The van der Waals surface area contributed by atoms with Crippen molar-refractivity contribution in [1.29, 1.82) is 0 Å². The average molecular weight is 448 g/mol. The summed E-state index contributed by atoms with van der Waals surface area (Å²) in [4.78, 5) is 3.76. The minimum Gasteiger partial charge on any atom is -0.358 e. The van der Waals surface area contributed by atoms with Crippen LogP contribution in [0.3, 0.4) is 0 Å². The topological polar surface area (TPSA) is 16.8 Å². The number of rotatable bonds is 6. The molecule has 1 aliphatic rings. The minimum absolute atomic E-state index is 0.0387. The Bertz CT molecular complexity index is 1480. The molecule has 32 heavy (non-hydrogen) atoms. The highest BCUT2D eigenvalue weighted by atomic mass is 19.1. The normalized spacial score (nSPS) is 28.8. The van der Waals surface area contributed by atoms with Crippen LogP contribution in [-0.4, -0.2) is 24.4 Å². The Balaban J connectivity index is 2.65. The molecule has 3 rings (SSSR count). The maximum absolute atomic E-state index is 15.1. The van der Waals surface area contributed by atoms with E-state index in [2.05, 4.69) is 4.85 Å². The van der Waals surface area contributed by atoms with Gasteiger partial charge >= 0.3 is 0 Å². The second-order valence-corrected chi connectivity index (χ2v) is 8.51. The Hall–Kier alpha value is -2.22. The predicted molar refractivity (Wildman–Crippen MR) is 130 cm³/mol. The molecule has 0 aliphatic carbocycles. The lowest BCUT2D eigenvalue weighted by atomic mass is 9.75. The van der Waals surface area contributed by atoms with Crippen molar-refractivity contribution >= 4 is 5.69 Å². The molecule has 1 aliphatic heterocycles. The first-order chi connectivity index (χ1) is 19.2. The molecule has 0 saturated heterocycles. The third-order valence-corrected chi connectivity index (χ3v) is 6.04. The van der Waals surface area contributed by atoms with Gasteiger partial charge in [0.2, 0.25) is 0 Å². The molecular weight excluding hydrogens is 399 g/mol. The molecule has 0 spiro atoms. The fraction of sp³-hybridized carbons (Fsp3) is 0.536. The number of hydrogen-bond donors (Lipinski definition) is 0. The highest BCUT2D eigenvalue weighted by molar-refractivity contribution is 5.66. The zero-order valence-corrected chi connectivity index (χ0v) is 19.8. The van der Waals surface area contributed by atoms with E-state index >= 15 is 4.39 Å². The van der Waals surface area contributed by atoms with E-state index < -0.39 is 61.4 Å². The Morgan fingerprint density at radius 2 is 1.94 bits per heavy atom. The van der Waals surface area contributed by atoms with Gasteiger partial charge in [-0.3, -0.25) is 0 Å². The van der Waals surface area contributed by atoms with Crippen LogP contribution in [0.5, 0.6) is 0 Å². The Morgan fingerprint density at radius 1 is 1.25 bits per heavy atom. The first-order valence-corrected chi connectivity index (χ1v) is 10.4.